The van der Waals surface area contributed by atoms with Crippen molar-refractivity contribution >= 4 is 28.2 Å². The topological polar surface area (TPSA) is 89.3 Å². The molecule has 0 radical (unpaired) electrons. The van der Waals surface area contributed by atoms with Gasteiger partial charge in [0, 0.05) is 30.9 Å². The minimum Gasteiger partial charge on any atom is -0.378 e. The van der Waals surface area contributed by atoms with Crippen molar-refractivity contribution in [3.8, 4) is 0 Å². The van der Waals surface area contributed by atoms with Crippen LogP contribution in [0.3, 0.4) is 0 Å². The van der Waals surface area contributed by atoms with Gasteiger partial charge in [-0.05, 0) is 36.4 Å². The Bertz CT molecular complexity index is 1030. The van der Waals surface area contributed by atoms with E-state index >= 15 is 0 Å². The number of rotatable bonds is 5. The molecule has 3 aromatic rings. The van der Waals surface area contributed by atoms with Gasteiger partial charge in [0.05, 0.1) is 25.1 Å². The lowest BCUT2D eigenvalue weighted by Gasteiger charge is -2.28. The highest BCUT2D eigenvalue weighted by molar-refractivity contribution is 5.90. The fourth-order valence-corrected chi connectivity index (χ4v) is 3.18. The molecule has 1 aromatic heterocycles. The lowest BCUT2D eigenvalue weighted by molar-refractivity contribution is -0.116. The van der Waals surface area contributed by atoms with Crippen molar-refractivity contribution in [2.75, 3.05) is 36.5 Å². The number of hydrogen-bond acceptors (Lipinski definition) is 6. The SMILES string of the molecule is O=C(CCn1nnc2ccccc2c1=O)Nc1ccc(N2CCOCC2)cc1. The Labute approximate surface area is 161 Å². The molecule has 0 saturated carbocycles. The van der Waals surface area contributed by atoms with Gasteiger partial charge in [-0.25, -0.2) is 4.68 Å². The molecule has 28 heavy (non-hydrogen) atoms. The highest BCUT2D eigenvalue weighted by Crippen LogP contribution is 2.19. The lowest BCUT2D eigenvalue weighted by Crippen LogP contribution is -2.36. The van der Waals surface area contributed by atoms with Gasteiger partial charge >= 0.3 is 0 Å². The van der Waals surface area contributed by atoms with Crippen LogP contribution in [-0.4, -0.2) is 47.2 Å². The second kappa shape index (κ2) is 8.18. The van der Waals surface area contributed by atoms with Crippen LogP contribution in [0.2, 0.25) is 0 Å². The average Bonchev–Trinajstić information content (AvgIpc) is 2.75. The molecule has 1 N–H and O–H groups in total. The fraction of sp³-hybridized carbons (Fsp3) is 0.300. The first kappa shape index (κ1) is 18.1. The Balaban J connectivity index is 1.36. The molecule has 2 heterocycles. The number of anilines is 2. The molecule has 0 atom stereocenters. The van der Waals surface area contributed by atoms with E-state index in [2.05, 4.69) is 20.5 Å². The molecule has 8 heteroatoms. The minimum atomic E-state index is -0.242. The third-order valence-electron chi connectivity index (χ3n) is 4.71. The van der Waals surface area contributed by atoms with E-state index in [0.29, 0.717) is 10.9 Å². The molecule has 1 saturated heterocycles. The molecule has 0 bridgehead atoms. The van der Waals surface area contributed by atoms with Gasteiger partial charge in [-0.3, -0.25) is 9.59 Å². The molecule has 0 spiro atoms. The van der Waals surface area contributed by atoms with Crippen LogP contribution in [0.4, 0.5) is 11.4 Å². The average molecular weight is 379 g/mol. The first-order valence-electron chi connectivity index (χ1n) is 9.26. The Hall–Kier alpha value is -3.26. The Morgan fingerprint density at radius 3 is 2.61 bits per heavy atom. The molecule has 1 amide bonds. The van der Waals surface area contributed by atoms with E-state index in [1.165, 1.54) is 4.68 Å². The van der Waals surface area contributed by atoms with Gasteiger partial charge < -0.3 is 15.0 Å². The van der Waals surface area contributed by atoms with Crippen molar-refractivity contribution in [2.24, 2.45) is 0 Å². The van der Waals surface area contributed by atoms with Crippen LogP contribution in [0.25, 0.3) is 10.9 Å². The summed E-state index contributed by atoms with van der Waals surface area (Å²) >= 11 is 0. The summed E-state index contributed by atoms with van der Waals surface area (Å²) in [6, 6.07) is 14.8. The largest absolute Gasteiger partial charge is 0.378 e. The van der Waals surface area contributed by atoms with Gasteiger partial charge in [-0.15, -0.1) is 5.10 Å². The van der Waals surface area contributed by atoms with E-state index in [4.69, 9.17) is 4.74 Å². The van der Waals surface area contributed by atoms with E-state index in [1.54, 1.807) is 24.3 Å². The summed E-state index contributed by atoms with van der Waals surface area (Å²) in [4.78, 5) is 26.9. The summed E-state index contributed by atoms with van der Waals surface area (Å²) in [5.41, 5.74) is 2.14. The smallest absolute Gasteiger partial charge is 0.277 e. The number of carbonyl (C=O) groups is 1. The number of hydrogen-bond donors (Lipinski definition) is 1. The van der Waals surface area contributed by atoms with Crippen molar-refractivity contribution in [1.29, 1.82) is 0 Å². The maximum atomic E-state index is 12.4. The molecule has 8 nitrogen and oxygen atoms in total. The number of aromatic nitrogens is 3. The summed E-state index contributed by atoms with van der Waals surface area (Å²) in [7, 11) is 0. The lowest BCUT2D eigenvalue weighted by atomic mass is 10.2. The van der Waals surface area contributed by atoms with Crippen LogP contribution in [0.5, 0.6) is 0 Å². The summed E-state index contributed by atoms with van der Waals surface area (Å²) in [5, 5.41) is 11.3. The highest BCUT2D eigenvalue weighted by atomic mass is 16.5. The van der Waals surface area contributed by atoms with Crippen LogP contribution in [0, 0.1) is 0 Å². The van der Waals surface area contributed by atoms with Gasteiger partial charge in [0.2, 0.25) is 5.91 Å². The first-order chi connectivity index (χ1) is 13.7. The van der Waals surface area contributed by atoms with Gasteiger partial charge in [-0.1, -0.05) is 17.3 Å². The molecule has 1 fully saturated rings. The second-order valence-electron chi connectivity index (χ2n) is 6.58. The number of aryl methyl sites for hydroxylation is 1. The van der Waals surface area contributed by atoms with Gasteiger partial charge in [0.15, 0.2) is 0 Å². The van der Waals surface area contributed by atoms with E-state index in [1.807, 2.05) is 24.3 Å². The van der Waals surface area contributed by atoms with E-state index in [9.17, 15) is 9.59 Å². The van der Waals surface area contributed by atoms with Crippen LogP contribution in [-0.2, 0) is 16.1 Å². The standard InChI is InChI=1S/C20H21N5O3/c26-19(9-10-25-20(27)17-3-1-2-4-18(17)22-23-25)21-15-5-7-16(8-6-15)24-11-13-28-14-12-24/h1-8H,9-14H2,(H,21,26). The van der Waals surface area contributed by atoms with E-state index in [-0.39, 0.29) is 24.4 Å². The zero-order valence-electron chi connectivity index (χ0n) is 15.4. The van der Waals surface area contributed by atoms with Crippen LogP contribution in [0.15, 0.2) is 53.3 Å². The van der Waals surface area contributed by atoms with Crippen LogP contribution < -0.4 is 15.8 Å². The molecule has 1 aliphatic rings. The molecule has 0 unspecified atom stereocenters. The zero-order valence-corrected chi connectivity index (χ0v) is 15.4. The molecule has 1 aliphatic heterocycles. The van der Waals surface area contributed by atoms with Crippen molar-refractivity contribution in [3.05, 3.63) is 58.9 Å². The minimum absolute atomic E-state index is 0.137. The Kier molecular flexibility index (Phi) is 5.29. The maximum Gasteiger partial charge on any atom is 0.277 e. The van der Waals surface area contributed by atoms with Crippen molar-refractivity contribution < 1.29 is 9.53 Å². The summed E-state index contributed by atoms with van der Waals surface area (Å²) < 4.78 is 6.59. The number of carbonyl (C=O) groups excluding carboxylic acids is 1. The molecule has 4 rings (SSSR count). The monoisotopic (exact) mass is 379 g/mol. The predicted octanol–water partition coefficient (Wildman–Crippen LogP) is 1.66. The fourth-order valence-electron chi connectivity index (χ4n) is 3.18. The molecule has 144 valence electrons. The van der Waals surface area contributed by atoms with Gasteiger partial charge in [0.25, 0.3) is 5.56 Å². The Morgan fingerprint density at radius 1 is 1.07 bits per heavy atom. The van der Waals surface area contributed by atoms with Crippen LogP contribution >= 0.6 is 0 Å². The van der Waals surface area contributed by atoms with E-state index < -0.39 is 0 Å². The molecule has 2 aromatic carbocycles. The number of ether oxygens (including phenoxy) is 1. The molecular formula is C20H21N5O3. The Morgan fingerprint density at radius 2 is 1.82 bits per heavy atom. The summed E-state index contributed by atoms with van der Waals surface area (Å²) in [5.74, 6) is -0.180. The summed E-state index contributed by atoms with van der Waals surface area (Å²) in [6.45, 7) is 3.37. The van der Waals surface area contributed by atoms with Crippen molar-refractivity contribution in [1.82, 2.24) is 15.0 Å². The van der Waals surface area contributed by atoms with Gasteiger partial charge in [0.1, 0.15) is 5.52 Å². The number of amides is 1. The normalized spacial score (nSPS) is 14.2. The number of morpholine rings is 1. The number of benzene rings is 2. The number of nitrogens with one attached hydrogen (secondary N) is 1. The second-order valence-corrected chi connectivity index (χ2v) is 6.58. The summed E-state index contributed by atoms with van der Waals surface area (Å²) in [6.07, 6.45) is 0.137. The van der Waals surface area contributed by atoms with Crippen LogP contribution in [0.1, 0.15) is 6.42 Å². The van der Waals surface area contributed by atoms with E-state index in [0.717, 1.165) is 37.7 Å². The molecular weight excluding hydrogens is 358 g/mol. The zero-order chi connectivity index (χ0) is 19.3. The van der Waals surface area contributed by atoms with Gasteiger partial charge in [-0.2, -0.15) is 0 Å². The predicted molar refractivity (Wildman–Crippen MR) is 107 cm³/mol. The maximum absolute atomic E-state index is 12.4. The first-order valence-corrected chi connectivity index (χ1v) is 9.26. The third-order valence-corrected chi connectivity index (χ3v) is 4.71. The van der Waals surface area contributed by atoms with Crippen molar-refractivity contribution in [3.63, 3.8) is 0 Å². The third kappa shape index (κ3) is 4.01. The number of nitrogens with zero attached hydrogens (tertiary/aromatic N) is 4. The number of fused-ring (bicyclic) bond motifs is 1. The quantitative estimate of drug-likeness (QED) is 0.725. The highest BCUT2D eigenvalue weighted by Gasteiger charge is 2.12. The molecule has 0 aliphatic carbocycles. The van der Waals surface area contributed by atoms with Crippen molar-refractivity contribution in [2.45, 2.75) is 13.0 Å².